The van der Waals surface area contributed by atoms with E-state index in [1.165, 1.54) is 12.0 Å². The molecule has 1 atom stereocenters. The highest BCUT2D eigenvalue weighted by Crippen LogP contribution is 2.31. The van der Waals surface area contributed by atoms with Crippen molar-refractivity contribution >= 4 is 11.6 Å². The predicted molar refractivity (Wildman–Crippen MR) is 106 cm³/mol. The van der Waals surface area contributed by atoms with Crippen molar-refractivity contribution in [2.75, 3.05) is 50.6 Å². The molecule has 1 aromatic heterocycles. The first-order valence-electron chi connectivity index (χ1n) is 9.54. The minimum atomic E-state index is 0.390. The van der Waals surface area contributed by atoms with Crippen molar-refractivity contribution in [3.63, 3.8) is 0 Å². The maximum Gasteiger partial charge on any atom is 0.161 e. The molecule has 144 valence electrons. The van der Waals surface area contributed by atoms with Gasteiger partial charge in [-0.1, -0.05) is 6.07 Å². The van der Waals surface area contributed by atoms with Crippen LogP contribution in [0.4, 0.5) is 11.6 Å². The molecule has 1 aromatic carbocycles. The zero-order valence-electron chi connectivity index (χ0n) is 16.0. The van der Waals surface area contributed by atoms with Gasteiger partial charge in [0.1, 0.15) is 31.2 Å². The normalized spacial score (nSPS) is 19.6. The van der Waals surface area contributed by atoms with Gasteiger partial charge < -0.3 is 19.7 Å². The summed E-state index contributed by atoms with van der Waals surface area (Å²) < 4.78 is 11.3. The number of likely N-dealkylation sites (tertiary alicyclic amines) is 1. The second-order valence-corrected chi connectivity index (χ2v) is 7.35. The van der Waals surface area contributed by atoms with Crippen LogP contribution in [0.2, 0.25) is 0 Å². The molecule has 2 aliphatic rings. The second kappa shape index (κ2) is 8.00. The van der Waals surface area contributed by atoms with Gasteiger partial charge >= 0.3 is 0 Å². The van der Waals surface area contributed by atoms with Gasteiger partial charge in [0.2, 0.25) is 0 Å². The first-order chi connectivity index (χ1) is 13.2. The van der Waals surface area contributed by atoms with Crippen LogP contribution in [-0.4, -0.2) is 61.3 Å². The van der Waals surface area contributed by atoms with Crippen LogP contribution in [0, 0.1) is 0 Å². The van der Waals surface area contributed by atoms with Gasteiger partial charge in [-0.3, -0.25) is 4.90 Å². The monoisotopic (exact) mass is 369 g/mol. The number of nitrogens with zero attached hydrogens (tertiary/aromatic N) is 4. The van der Waals surface area contributed by atoms with Gasteiger partial charge in [0.15, 0.2) is 11.5 Å². The lowest BCUT2D eigenvalue weighted by Crippen LogP contribution is -2.41. The maximum atomic E-state index is 5.71. The molecular formula is C20H27N5O2. The summed E-state index contributed by atoms with van der Waals surface area (Å²) in [7, 11) is 3.98. The summed E-state index contributed by atoms with van der Waals surface area (Å²) in [4.78, 5) is 13.1. The number of anilines is 2. The molecule has 7 heteroatoms. The summed E-state index contributed by atoms with van der Waals surface area (Å²) in [6.45, 7) is 4.28. The lowest BCUT2D eigenvalue weighted by Gasteiger charge is -2.33. The van der Waals surface area contributed by atoms with Crippen LogP contribution in [-0.2, 0) is 6.54 Å². The summed E-state index contributed by atoms with van der Waals surface area (Å²) in [5.41, 5.74) is 1.26. The van der Waals surface area contributed by atoms with Gasteiger partial charge in [-0.05, 0) is 37.1 Å². The Morgan fingerprint density at radius 3 is 2.85 bits per heavy atom. The van der Waals surface area contributed by atoms with Crippen molar-refractivity contribution in [2.24, 2.45) is 0 Å². The fraction of sp³-hybridized carbons (Fsp3) is 0.500. The van der Waals surface area contributed by atoms with Gasteiger partial charge in [-0.15, -0.1) is 0 Å². The van der Waals surface area contributed by atoms with Crippen LogP contribution in [0.5, 0.6) is 11.5 Å². The Labute approximate surface area is 160 Å². The molecule has 0 radical (unpaired) electrons. The molecule has 0 aliphatic carbocycles. The van der Waals surface area contributed by atoms with E-state index in [-0.39, 0.29) is 0 Å². The molecular weight excluding hydrogens is 342 g/mol. The maximum absolute atomic E-state index is 5.71. The van der Waals surface area contributed by atoms with Gasteiger partial charge in [-0.25, -0.2) is 9.97 Å². The van der Waals surface area contributed by atoms with Crippen molar-refractivity contribution in [1.82, 2.24) is 14.9 Å². The van der Waals surface area contributed by atoms with Crippen molar-refractivity contribution in [2.45, 2.75) is 25.4 Å². The fourth-order valence-electron chi connectivity index (χ4n) is 3.64. The van der Waals surface area contributed by atoms with Crippen molar-refractivity contribution < 1.29 is 9.47 Å². The Balaban J connectivity index is 1.37. The topological polar surface area (TPSA) is 62.8 Å². The third kappa shape index (κ3) is 4.42. The smallest absolute Gasteiger partial charge is 0.161 e. The molecule has 1 unspecified atom stereocenters. The number of aromatic nitrogens is 2. The number of fused-ring (bicyclic) bond motifs is 1. The number of rotatable bonds is 5. The van der Waals surface area contributed by atoms with Crippen LogP contribution >= 0.6 is 0 Å². The highest BCUT2D eigenvalue weighted by atomic mass is 16.6. The molecule has 7 nitrogen and oxygen atoms in total. The summed E-state index contributed by atoms with van der Waals surface area (Å²) in [6, 6.07) is 8.66. The standard InChI is InChI=1S/C20H27N5O2/c1-24(2)20-11-19(21-14-22-20)23-16-4-3-7-25(13-16)12-15-5-6-17-18(10-15)27-9-8-26-17/h5-6,10-11,14,16H,3-4,7-9,12-13H2,1-2H3,(H,21,22,23). The lowest BCUT2D eigenvalue weighted by atomic mass is 10.0. The van der Waals surface area contributed by atoms with Crippen LogP contribution in [0.25, 0.3) is 0 Å². The van der Waals surface area contributed by atoms with E-state index < -0.39 is 0 Å². The zero-order valence-corrected chi connectivity index (χ0v) is 16.0. The first-order valence-corrected chi connectivity index (χ1v) is 9.54. The van der Waals surface area contributed by atoms with E-state index in [1.54, 1.807) is 6.33 Å². The molecule has 4 rings (SSSR count). The Kier molecular flexibility index (Phi) is 5.29. The van der Waals surface area contributed by atoms with Crippen LogP contribution in [0.3, 0.4) is 0 Å². The highest BCUT2D eigenvalue weighted by Gasteiger charge is 2.21. The van der Waals surface area contributed by atoms with Crippen molar-refractivity contribution in [1.29, 1.82) is 0 Å². The predicted octanol–water partition coefficient (Wildman–Crippen LogP) is 2.39. The van der Waals surface area contributed by atoms with E-state index in [1.807, 2.05) is 31.1 Å². The minimum Gasteiger partial charge on any atom is -0.486 e. The zero-order chi connectivity index (χ0) is 18.6. The number of hydrogen-bond donors (Lipinski definition) is 1. The van der Waals surface area contributed by atoms with E-state index in [9.17, 15) is 0 Å². The van der Waals surface area contributed by atoms with Crippen molar-refractivity contribution in [3.05, 3.63) is 36.2 Å². The van der Waals surface area contributed by atoms with Crippen LogP contribution in [0.15, 0.2) is 30.6 Å². The van der Waals surface area contributed by atoms with Crippen LogP contribution < -0.4 is 19.7 Å². The quantitative estimate of drug-likeness (QED) is 0.868. The molecule has 0 spiro atoms. The van der Waals surface area contributed by atoms with E-state index in [4.69, 9.17) is 9.47 Å². The van der Waals surface area contributed by atoms with E-state index in [0.29, 0.717) is 19.3 Å². The molecule has 3 heterocycles. The molecule has 2 aliphatic heterocycles. The fourth-order valence-corrected chi connectivity index (χ4v) is 3.64. The Hall–Kier alpha value is -2.54. The molecule has 1 fully saturated rings. The summed E-state index contributed by atoms with van der Waals surface area (Å²) in [6.07, 6.45) is 3.94. The lowest BCUT2D eigenvalue weighted by molar-refractivity contribution is 0.170. The van der Waals surface area contributed by atoms with Crippen LogP contribution in [0.1, 0.15) is 18.4 Å². The molecule has 2 aromatic rings. The highest BCUT2D eigenvalue weighted by molar-refractivity contribution is 5.48. The summed E-state index contributed by atoms with van der Waals surface area (Å²) >= 11 is 0. The van der Waals surface area contributed by atoms with Gasteiger partial charge in [0, 0.05) is 39.3 Å². The first kappa shape index (κ1) is 17.9. The average molecular weight is 369 g/mol. The largest absolute Gasteiger partial charge is 0.486 e. The summed E-state index contributed by atoms with van der Waals surface area (Å²) in [5, 5.41) is 3.58. The minimum absolute atomic E-state index is 0.390. The molecule has 0 bridgehead atoms. The third-order valence-corrected chi connectivity index (χ3v) is 4.98. The molecule has 1 N–H and O–H groups in total. The van der Waals surface area contributed by atoms with Gasteiger partial charge in [0.25, 0.3) is 0 Å². The molecule has 0 amide bonds. The molecule has 27 heavy (non-hydrogen) atoms. The Morgan fingerprint density at radius 2 is 2.00 bits per heavy atom. The molecule has 0 saturated carbocycles. The van der Waals surface area contributed by atoms with E-state index >= 15 is 0 Å². The SMILES string of the molecule is CN(C)c1cc(NC2CCCN(Cc3ccc4c(c3)OCCO4)C2)ncn1. The number of ether oxygens (including phenoxy) is 2. The number of nitrogens with one attached hydrogen (secondary N) is 1. The van der Waals surface area contributed by atoms with Gasteiger partial charge in [-0.2, -0.15) is 0 Å². The van der Waals surface area contributed by atoms with Crippen molar-refractivity contribution in [3.8, 4) is 11.5 Å². The Morgan fingerprint density at radius 1 is 1.15 bits per heavy atom. The van der Waals surface area contributed by atoms with Gasteiger partial charge in [0.05, 0.1) is 0 Å². The summed E-state index contributed by atoms with van der Waals surface area (Å²) in [5.74, 6) is 3.52. The van der Waals surface area contributed by atoms with E-state index in [0.717, 1.165) is 49.2 Å². The number of benzene rings is 1. The number of hydrogen-bond acceptors (Lipinski definition) is 7. The average Bonchev–Trinajstić information content (AvgIpc) is 2.68. The number of piperidine rings is 1. The van der Waals surface area contributed by atoms with E-state index in [2.05, 4.69) is 32.3 Å². The third-order valence-electron chi connectivity index (χ3n) is 4.98. The molecule has 1 saturated heterocycles. The Bertz CT molecular complexity index is 783. The second-order valence-electron chi connectivity index (χ2n) is 7.35.